The average Bonchev–Trinajstić information content (AvgIpc) is 3.02. The molecule has 1 unspecified atom stereocenters. The molecule has 5 heteroatoms. The van der Waals surface area contributed by atoms with Crippen molar-refractivity contribution in [3.8, 4) is 5.75 Å². The van der Waals surface area contributed by atoms with Crippen molar-refractivity contribution in [2.24, 2.45) is 5.92 Å². The van der Waals surface area contributed by atoms with Gasteiger partial charge in [0.25, 0.3) is 0 Å². The normalized spacial score (nSPS) is 19.4. The first kappa shape index (κ1) is 18.0. The number of nitrogens with zero attached hydrogens (tertiary/aromatic N) is 1. The molecule has 1 heterocycles. The number of carbonyl (C=O) groups excluding carboxylic acids is 1. The summed E-state index contributed by atoms with van der Waals surface area (Å²) in [5.41, 5.74) is 4.06. The molecule has 1 atom stereocenters. The molecule has 1 aliphatic heterocycles. The van der Waals surface area contributed by atoms with E-state index in [0.717, 1.165) is 37.2 Å². The molecule has 4 nitrogen and oxygen atoms in total. The van der Waals surface area contributed by atoms with Crippen LogP contribution >= 0.6 is 0 Å². The molecule has 142 valence electrons. The van der Waals surface area contributed by atoms with E-state index in [4.69, 9.17) is 9.47 Å². The zero-order valence-corrected chi connectivity index (χ0v) is 15.7. The molecule has 0 bridgehead atoms. The van der Waals surface area contributed by atoms with Gasteiger partial charge in [-0.3, -0.25) is 9.69 Å². The fourth-order valence-electron chi connectivity index (χ4n) is 4.05. The van der Waals surface area contributed by atoms with Crippen molar-refractivity contribution in [1.29, 1.82) is 0 Å². The summed E-state index contributed by atoms with van der Waals surface area (Å²) in [6.07, 6.45) is 2.05. The molecule has 4 rings (SSSR count). The van der Waals surface area contributed by atoms with Gasteiger partial charge in [-0.1, -0.05) is 18.2 Å². The van der Waals surface area contributed by atoms with E-state index < -0.39 is 0 Å². The van der Waals surface area contributed by atoms with Crippen LogP contribution in [-0.4, -0.2) is 31.1 Å². The first-order chi connectivity index (χ1) is 13.0. The number of rotatable bonds is 5. The van der Waals surface area contributed by atoms with Crippen LogP contribution in [-0.2, 0) is 22.6 Å². The first-order valence-electron chi connectivity index (χ1n) is 9.37. The molecule has 2 aliphatic rings. The zero-order chi connectivity index (χ0) is 19.0. The van der Waals surface area contributed by atoms with Gasteiger partial charge in [-0.2, -0.15) is 0 Å². The van der Waals surface area contributed by atoms with E-state index in [-0.39, 0.29) is 24.3 Å². The van der Waals surface area contributed by atoms with Crippen molar-refractivity contribution in [2.75, 3.05) is 20.2 Å². The lowest BCUT2D eigenvalue weighted by Gasteiger charge is -2.41. The third-order valence-electron chi connectivity index (χ3n) is 5.65. The summed E-state index contributed by atoms with van der Waals surface area (Å²) in [6.45, 7) is 3.63. The van der Waals surface area contributed by atoms with Crippen molar-refractivity contribution in [3.63, 3.8) is 0 Å². The summed E-state index contributed by atoms with van der Waals surface area (Å²) in [7, 11) is 1.44. The van der Waals surface area contributed by atoms with E-state index >= 15 is 0 Å². The Kier molecular flexibility index (Phi) is 4.87. The minimum absolute atomic E-state index is 0.00561. The van der Waals surface area contributed by atoms with Crippen LogP contribution in [0, 0.1) is 18.7 Å². The molecule has 2 aromatic rings. The molecule has 1 fully saturated rings. The van der Waals surface area contributed by atoms with Gasteiger partial charge in [0.15, 0.2) is 0 Å². The van der Waals surface area contributed by atoms with Crippen molar-refractivity contribution in [1.82, 2.24) is 4.90 Å². The largest absolute Gasteiger partial charge is 0.489 e. The lowest BCUT2D eigenvalue weighted by atomic mass is 9.95. The van der Waals surface area contributed by atoms with Crippen molar-refractivity contribution in [2.45, 2.75) is 32.4 Å². The van der Waals surface area contributed by atoms with E-state index in [1.54, 1.807) is 6.07 Å². The molecule has 27 heavy (non-hydrogen) atoms. The minimum atomic E-state index is -0.228. The highest BCUT2D eigenvalue weighted by Crippen LogP contribution is 2.40. The van der Waals surface area contributed by atoms with Gasteiger partial charge in [-0.15, -0.1) is 0 Å². The minimum Gasteiger partial charge on any atom is -0.489 e. The van der Waals surface area contributed by atoms with Gasteiger partial charge in [-0.05, 0) is 54.7 Å². The van der Waals surface area contributed by atoms with Gasteiger partial charge in [0, 0.05) is 24.7 Å². The monoisotopic (exact) mass is 369 g/mol. The predicted molar refractivity (Wildman–Crippen MR) is 100 cm³/mol. The van der Waals surface area contributed by atoms with Crippen molar-refractivity contribution < 1.29 is 18.7 Å². The maximum Gasteiger partial charge on any atom is 0.311 e. The SMILES string of the molecule is COC(=O)C1CN(C2CCc3cc(OCc4ccc(C)cc4F)ccc32)C1. The molecule has 0 saturated carbocycles. The number of aryl methyl sites for hydroxylation is 2. The Labute approximate surface area is 158 Å². The van der Waals surface area contributed by atoms with E-state index in [9.17, 15) is 9.18 Å². The van der Waals surface area contributed by atoms with Gasteiger partial charge in [0.05, 0.1) is 13.0 Å². The predicted octanol–water partition coefficient (Wildman–Crippen LogP) is 3.81. The molecule has 0 N–H and O–H groups in total. The highest BCUT2D eigenvalue weighted by Gasteiger charge is 2.40. The highest BCUT2D eigenvalue weighted by molar-refractivity contribution is 5.73. The van der Waals surface area contributed by atoms with Crippen LogP contribution in [0.1, 0.15) is 34.7 Å². The van der Waals surface area contributed by atoms with Crippen molar-refractivity contribution in [3.05, 3.63) is 64.5 Å². The number of halogens is 1. The maximum atomic E-state index is 14.0. The number of likely N-dealkylation sites (tertiary alicyclic amines) is 1. The Hall–Kier alpha value is -2.40. The van der Waals surface area contributed by atoms with Crippen LogP contribution in [0.2, 0.25) is 0 Å². The fourth-order valence-corrected chi connectivity index (χ4v) is 4.05. The summed E-state index contributed by atoms with van der Waals surface area (Å²) in [4.78, 5) is 13.9. The Morgan fingerprint density at radius 3 is 2.78 bits per heavy atom. The molecule has 1 saturated heterocycles. The molecule has 0 spiro atoms. The summed E-state index contributed by atoms with van der Waals surface area (Å²) in [6, 6.07) is 11.7. The summed E-state index contributed by atoms with van der Waals surface area (Å²) in [5.74, 6) is 0.433. The standard InChI is InChI=1S/C22H24FNO3/c1-14-3-4-16(20(23)9-14)13-27-18-6-7-19-15(10-18)5-8-21(19)24-11-17(12-24)22(25)26-2/h3-4,6-7,9-10,17,21H,5,8,11-13H2,1-2H3. The summed E-state index contributed by atoms with van der Waals surface area (Å²) >= 11 is 0. The Balaban J connectivity index is 1.39. The second kappa shape index (κ2) is 7.31. The van der Waals surface area contributed by atoms with Crippen LogP contribution in [0.25, 0.3) is 0 Å². The maximum absolute atomic E-state index is 14.0. The highest BCUT2D eigenvalue weighted by atomic mass is 19.1. The van der Waals surface area contributed by atoms with Crippen LogP contribution in [0.5, 0.6) is 5.75 Å². The topological polar surface area (TPSA) is 38.8 Å². The van der Waals surface area contributed by atoms with Gasteiger partial charge in [0.2, 0.25) is 0 Å². The number of carbonyl (C=O) groups is 1. The van der Waals surface area contributed by atoms with Gasteiger partial charge in [-0.25, -0.2) is 4.39 Å². The Morgan fingerprint density at radius 2 is 2.04 bits per heavy atom. The quantitative estimate of drug-likeness (QED) is 0.752. The first-order valence-corrected chi connectivity index (χ1v) is 9.37. The van der Waals surface area contributed by atoms with E-state index in [2.05, 4.69) is 17.0 Å². The smallest absolute Gasteiger partial charge is 0.311 e. The van der Waals surface area contributed by atoms with Crippen LogP contribution in [0.4, 0.5) is 4.39 Å². The number of fused-ring (bicyclic) bond motifs is 1. The molecule has 0 amide bonds. The number of hydrogen-bond acceptors (Lipinski definition) is 4. The van der Waals surface area contributed by atoms with E-state index in [1.165, 1.54) is 24.3 Å². The number of esters is 1. The van der Waals surface area contributed by atoms with Crippen LogP contribution in [0.15, 0.2) is 36.4 Å². The lowest BCUT2D eigenvalue weighted by molar-refractivity contribution is -0.152. The molecule has 1 aliphatic carbocycles. The molecule has 2 aromatic carbocycles. The summed E-state index contributed by atoms with van der Waals surface area (Å²) < 4.78 is 24.6. The number of ether oxygens (including phenoxy) is 2. The second-order valence-electron chi connectivity index (χ2n) is 7.47. The Bertz CT molecular complexity index is 861. The third kappa shape index (κ3) is 3.56. The molecule has 0 aromatic heterocycles. The number of methoxy groups -OCH3 is 1. The average molecular weight is 369 g/mol. The van der Waals surface area contributed by atoms with Gasteiger partial charge < -0.3 is 9.47 Å². The molecule has 0 radical (unpaired) electrons. The van der Waals surface area contributed by atoms with Gasteiger partial charge >= 0.3 is 5.97 Å². The van der Waals surface area contributed by atoms with Crippen LogP contribution < -0.4 is 4.74 Å². The van der Waals surface area contributed by atoms with E-state index in [0.29, 0.717) is 11.6 Å². The lowest BCUT2D eigenvalue weighted by Crippen LogP contribution is -2.51. The van der Waals surface area contributed by atoms with Crippen LogP contribution in [0.3, 0.4) is 0 Å². The second-order valence-corrected chi connectivity index (χ2v) is 7.47. The van der Waals surface area contributed by atoms with Gasteiger partial charge in [0.1, 0.15) is 18.2 Å². The third-order valence-corrected chi connectivity index (χ3v) is 5.65. The fraction of sp³-hybridized carbons (Fsp3) is 0.409. The van der Waals surface area contributed by atoms with E-state index in [1.807, 2.05) is 19.1 Å². The molecular weight excluding hydrogens is 345 g/mol. The Morgan fingerprint density at radius 1 is 1.22 bits per heavy atom. The van der Waals surface area contributed by atoms with Crippen molar-refractivity contribution >= 4 is 5.97 Å². The summed E-state index contributed by atoms with van der Waals surface area (Å²) in [5, 5.41) is 0. The molecular formula is C22H24FNO3. The zero-order valence-electron chi connectivity index (χ0n) is 15.7. The number of benzene rings is 2. The number of hydrogen-bond donors (Lipinski definition) is 0.